The lowest BCUT2D eigenvalue weighted by molar-refractivity contribution is 0.122. The van der Waals surface area contributed by atoms with Gasteiger partial charge in [0.1, 0.15) is 23.3 Å². The van der Waals surface area contributed by atoms with Crippen LogP contribution < -0.4 is 20.9 Å². The summed E-state index contributed by atoms with van der Waals surface area (Å²) in [7, 11) is 0. The van der Waals surface area contributed by atoms with Gasteiger partial charge < -0.3 is 25.6 Å². The Balaban J connectivity index is 1.46. The second-order valence-electron chi connectivity index (χ2n) is 6.08. The molecule has 1 saturated heterocycles. The minimum absolute atomic E-state index is 0.386. The van der Waals surface area contributed by atoms with Crippen molar-refractivity contribution >= 4 is 23.4 Å². The fourth-order valence-electron chi connectivity index (χ4n) is 2.71. The minimum Gasteiger partial charge on any atom is -0.378 e. The van der Waals surface area contributed by atoms with E-state index in [1.165, 1.54) is 18.2 Å². The lowest BCUT2D eigenvalue weighted by Crippen LogP contribution is -2.37. The first-order valence-electron chi connectivity index (χ1n) is 8.83. The Bertz CT molecular complexity index is 782. The molecule has 0 radical (unpaired) electrons. The average Bonchev–Trinajstić information content (AvgIpc) is 2.65. The van der Waals surface area contributed by atoms with E-state index in [0.717, 1.165) is 18.9 Å². The molecule has 0 unspecified atom stereocenters. The summed E-state index contributed by atoms with van der Waals surface area (Å²) in [6.45, 7) is 5.72. The van der Waals surface area contributed by atoms with E-state index in [9.17, 15) is 9.18 Å². The Morgan fingerprint density at radius 2 is 2.04 bits per heavy atom. The highest BCUT2D eigenvalue weighted by atomic mass is 19.1. The summed E-state index contributed by atoms with van der Waals surface area (Å²) in [5.41, 5.74) is 0.405. The van der Waals surface area contributed by atoms with E-state index in [1.54, 1.807) is 6.07 Å². The number of nitrogens with zero attached hydrogens (tertiary/aromatic N) is 3. The number of morpholine rings is 1. The van der Waals surface area contributed by atoms with Gasteiger partial charge in [-0.25, -0.2) is 19.2 Å². The molecule has 1 aromatic heterocycles. The molecule has 27 heavy (non-hydrogen) atoms. The fourth-order valence-corrected chi connectivity index (χ4v) is 2.71. The molecule has 0 atom stereocenters. The molecular formula is C18H23FN6O2. The van der Waals surface area contributed by atoms with Gasteiger partial charge in [-0.15, -0.1) is 0 Å². The molecule has 0 spiro atoms. The Morgan fingerprint density at radius 1 is 1.22 bits per heavy atom. The van der Waals surface area contributed by atoms with Crippen molar-refractivity contribution in [2.24, 2.45) is 0 Å². The van der Waals surface area contributed by atoms with Gasteiger partial charge in [0, 0.05) is 37.9 Å². The van der Waals surface area contributed by atoms with Gasteiger partial charge in [0.25, 0.3) is 0 Å². The smallest absolute Gasteiger partial charge is 0.319 e. The molecule has 8 nitrogen and oxygen atoms in total. The van der Waals surface area contributed by atoms with Crippen molar-refractivity contribution in [2.75, 3.05) is 54.9 Å². The molecule has 9 heteroatoms. The molecule has 0 bridgehead atoms. The van der Waals surface area contributed by atoms with Crippen LogP contribution in [0.5, 0.6) is 0 Å². The number of hydrogen-bond acceptors (Lipinski definition) is 6. The number of rotatable bonds is 6. The van der Waals surface area contributed by atoms with Crippen LogP contribution in [0.15, 0.2) is 30.3 Å². The summed E-state index contributed by atoms with van der Waals surface area (Å²) in [6.07, 6.45) is 0. The van der Waals surface area contributed by atoms with Crippen LogP contribution in [0, 0.1) is 12.7 Å². The van der Waals surface area contributed by atoms with Crippen LogP contribution in [0.25, 0.3) is 0 Å². The maximum Gasteiger partial charge on any atom is 0.319 e. The molecule has 144 valence electrons. The summed E-state index contributed by atoms with van der Waals surface area (Å²) in [5, 5.41) is 8.47. The second-order valence-corrected chi connectivity index (χ2v) is 6.08. The largest absolute Gasteiger partial charge is 0.378 e. The Hall–Kier alpha value is -2.94. The third-order valence-electron chi connectivity index (χ3n) is 3.96. The van der Waals surface area contributed by atoms with E-state index >= 15 is 0 Å². The van der Waals surface area contributed by atoms with Crippen LogP contribution in [0.3, 0.4) is 0 Å². The fraction of sp³-hybridized carbons (Fsp3) is 0.389. The van der Waals surface area contributed by atoms with Gasteiger partial charge in [0.15, 0.2) is 0 Å². The molecule has 2 amide bonds. The number of hydrogen-bond donors (Lipinski definition) is 3. The Labute approximate surface area is 157 Å². The maximum atomic E-state index is 13.1. The molecular weight excluding hydrogens is 351 g/mol. The van der Waals surface area contributed by atoms with Crippen molar-refractivity contribution in [3.63, 3.8) is 0 Å². The molecule has 1 fully saturated rings. The lowest BCUT2D eigenvalue weighted by atomic mass is 10.3. The first-order valence-corrected chi connectivity index (χ1v) is 8.83. The van der Waals surface area contributed by atoms with Gasteiger partial charge in [-0.2, -0.15) is 0 Å². The Morgan fingerprint density at radius 3 is 2.81 bits per heavy atom. The van der Waals surface area contributed by atoms with Crippen molar-refractivity contribution in [2.45, 2.75) is 6.92 Å². The number of aromatic nitrogens is 2. The molecule has 1 aromatic carbocycles. The zero-order valence-electron chi connectivity index (χ0n) is 15.2. The number of benzene rings is 1. The highest BCUT2D eigenvalue weighted by Gasteiger charge is 2.14. The number of urea groups is 1. The standard InChI is InChI=1S/C18H23FN6O2/c1-13-22-16(12-17(23-13)25-7-9-27-10-8-25)20-5-6-21-18(26)24-15-4-2-3-14(19)11-15/h2-4,11-12H,5-10H2,1H3,(H,20,22,23)(H2,21,24,26). The topological polar surface area (TPSA) is 91.4 Å². The van der Waals surface area contributed by atoms with Crippen LogP contribution in [0.2, 0.25) is 0 Å². The molecule has 2 aromatic rings. The van der Waals surface area contributed by atoms with Gasteiger partial charge in [0.05, 0.1) is 13.2 Å². The lowest BCUT2D eigenvalue weighted by Gasteiger charge is -2.28. The zero-order chi connectivity index (χ0) is 19.1. The number of halogens is 1. The van der Waals surface area contributed by atoms with Crippen LogP contribution >= 0.6 is 0 Å². The minimum atomic E-state index is -0.398. The molecule has 3 N–H and O–H groups in total. The van der Waals surface area contributed by atoms with E-state index in [0.29, 0.717) is 43.6 Å². The number of anilines is 3. The third-order valence-corrected chi connectivity index (χ3v) is 3.96. The molecule has 3 rings (SSSR count). The summed E-state index contributed by atoms with van der Waals surface area (Å²) >= 11 is 0. The van der Waals surface area contributed by atoms with Gasteiger partial charge in [-0.1, -0.05) is 6.07 Å². The van der Waals surface area contributed by atoms with Crippen molar-refractivity contribution in [1.29, 1.82) is 0 Å². The molecule has 2 heterocycles. The predicted octanol–water partition coefficient (Wildman–Crippen LogP) is 1.99. The molecule has 0 saturated carbocycles. The Kier molecular flexibility index (Phi) is 6.37. The van der Waals surface area contributed by atoms with Crippen molar-refractivity contribution < 1.29 is 13.9 Å². The summed E-state index contributed by atoms with van der Waals surface area (Å²) in [5.74, 6) is 1.85. The van der Waals surface area contributed by atoms with Gasteiger partial charge in [-0.05, 0) is 25.1 Å². The summed E-state index contributed by atoms with van der Waals surface area (Å²) in [4.78, 5) is 22.8. The van der Waals surface area contributed by atoms with E-state index in [1.807, 2.05) is 13.0 Å². The number of aryl methyl sites for hydroxylation is 1. The number of amides is 2. The summed E-state index contributed by atoms with van der Waals surface area (Å²) < 4.78 is 18.5. The summed E-state index contributed by atoms with van der Waals surface area (Å²) in [6, 6.07) is 7.24. The molecule has 0 aliphatic carbocycles. The van der Waals surface area contributed by atoms with Gasteiger partial charge in [-0.3, -0.25) is 0 Å². The monoisotopic (exact) mass is 374 g/mol. The van der Waals surface area contributed by atoms with Crippen molar-refractivity contribution in [3.8, 4) is 0 Å². The van der Waals surface area contributed by atoms with Crippen molar-refractivity contribution in [3.05, 3.63) is 42.0 Å². The molecule has 1 aliphatic heterocycles. The number of ether oxygens (including phenoxy) is 1. The van der Waals surface area contributed by atoms with E-state index in [4.69, 9.17) is 4.74 Å². The maximum absolute atomic E-state index is 13.1. The molecule has 1 aliphatic rings. The number of carbonyl (C=O) groups is 1. The average molecular weight is 374 g/mol. The quantitative estimate of drug-likeness (QED) is 0.670. The second kappa shape index (κ2) is 9.13. The zero-order valence-corrected chi connectivity index (χ0v) is 15.2. The van der Waals surface area contributed by atoms with Crippen LogP contribution in [-0.2, 0) is 4.74 Å². The SMILES string of the molecule is Cc1nc(NCCNC(=O)Nc2cccc(F)c2)cc(N2CCOCC2)n1. The van der Waals surface area contributed by atoms with Crippen molar-refractivity contribution in [1.82, 2.24) is 15.3 Å². The predicted molar refractivity (Wildman–Crippen MR) is 102 cm³/mol. The van der Waals surface area contributed by atoms with Gasteiger partial charge in [0.2, 0.25) is 0 Å². The highest BCUT2D eigenvalue weighted by Crippen LogP contribution is 2.17. The van der Waals surface area contributed by atoms with Crippen LogP contribution in [0.4, 0.5) is 26.5 Å². The van der Waals surface area contributed by atoms with E-state index in [-0.39, 0.29) is 0 Å². The van der Waals surface area contributed by atoms with Crippen LogP contribution in [-0.4, -0.2) is 55.4 Å². The highest BCUT2D eigenvalue weighted by molar-refractivity contribution is 5.89. The number of carbonyl (C=O) groups excluding carboxylic acids is 1. The van der Waals surface area contributed by atoms with Crippen LogP contribution in [0.1, 0.15) is 5.82 Å². The van der Waals surface area contributed by atoms with E-state index in [2.05, 4.69) is 30.8 Å². The number of nitrogens with one attached hydrogen (secondary N) is 3. The third kappa shape index (κ3) is 5.78. The van der Waals surface area contributed by atoms with E-state index < -0.39 is 11.8 Å². The van der Waals surface area contributed by atoms with Gasteiger partial charge >= 0.3 is 6.03 Å². The normalized spacial score (nSPS) is 13.9. The first-order chi connectivity index (χ1) is 13.1. The first kappa shape index (κ1) is 18.8.